The summed E-state index contributed by atoms with van der Waals surface area (Å²) in [5.41, 5.74) is 1.03. The minimum Gasteiger partial charge on any atom is -0.493 e. The number of hydrogen-bond donors (Lipinski definition) is 0. The van der Waals surface area contributed by atoms with Crippen LogP contribution in [0.1, 0.15) is 12.5 Å². The van der Waals surface area contributed by atoms with Crippen LogP contribution in [0.3, 0.4) is 0 Å². The Morgan fingerprint density at radius 2 is 1.38 bits per heavy atom. The van der Waals surface area contributed by atoms with Crippen molar-refractivity contribution in [3.05, 3.63) is 11.6 Å². The summed E-state index contributed by atoms with van der Waals surface area (Å²) in [6.45, 7) is 2.04. The van der Waals surface area contributed by atoms with Crippen LogP contribution in [0.4, 0.5) is 0 Å². The van der Waals surface area contributed by atoms with Crippen molar-refractivity contribution in [3.63, 3.8) is 0 Å². The van der Waals surface area contributed by atoms with Crippen LogP contribution in [-0.4, -0.2) is 28.4 Å². The first-order valence-corrected chi connectivity index (χ1v) is 5.09. The third-order valence-electron chi connectivity index (χ3n) is 2.45. The summed E-state index contributed by atoms with van der Waals surface area (Å²) in [4.78, 5) is 0. The molecule has 0 bridgehead atoms. The molecule has 0 aromatic heterocycles. The highest BCUT2D eigenvalue weighted by molar-refractivity contribution is 5.62. The van der Waals surface area contributed by atoms with Gasteiger partial charge in [-0.25, -0.2) is 0 Å². The zero-order valence-corrected chi connectivity index (χ0v) is 10.4. The van der Waals surface area contributed by atoms with E-state index in [1.165, 1.54) is 0 Å². The van der Waals surface area contributed by atoms with Gasteiger partial charge in [-0.1, -0.05) is 6.92 Å². The van der Waals surface area contributed by atoms with E-state index in [0.717, 1.165) is 12.0 Å². The Kier molecular flexibility index (Phi) is 4.28. The highest BCUT2D eigenvalue weighted by Gasteiger charge is 2.20. The van der Waals surface area contributed by atoms with E-state index in [1.807, 2.05) is 13.0 Å². The second-order valence-corrected chi connectivity index (χ2v) is 3.19. The molecule has 0 amide bonds. The number of benzene rings is 1. The Bertz CT molecular complexity index is 330. The molecule has 0 aliphatic rings. The molecule has 0 unspecified atom stereocenters. The van der Waals surface area contributed by atoms with Crippen LogP contribution in [0, 0.1) is 0 Å². The average molecular weight is 226 g/mol. The second kappa shape index (κ2) is 5.49. The van der Waals surface area contributed by atoms with E-state index in [4.69, 9.17) is 18.9 Å². The molecule has 0 radical (unpaired) electrons. The van der Waals surface area contributed by atoms with Gasteiger partial charge in [-0.3, -0.25) is 0 Å². The van der Waals surface area contributed by atoms with Gasteiger partial charge in [0.2, 0.25) is 11.5 Å². The monoisotopic (exact) mass is 226 g/mol. The van der Waals surface area contributed by atoms with Crippen LogP contribution in [0.5, 0.6) is 23.0 Å². The maximum absolute atomic E-state index is 5.34. The molecule has 0 aliphatic carbocycles. The van der Waals surface area contributed by atoms with Crippen molar-refractivity contribution >= 4 is 0 Å². The van der Waals surface area contributed by atoms with E-state index in [2.05, 4.69) is 0 Å². The molecule has 0 saturated heterocycles. The molecule has 1 aromatic rings. The van der Waals surface area contributed by atoms with Crippen LogP contribution in [0.15, 0.2) is 6.07 Å². The molecule has 0 aliphatic heterocycles. The molecule has 0 saturated carbocycles. The van der Waals surface area contributed by atoms with Crippen molar-refractivity contribution in [1.29, 1.82) is 0 Å². The maximum atomic E-state index is 5.34. The molecule has 0 spiro atoms. The van der Waals surface area contributed by atoms with Crippen LogP contribution in [0.25, 0.3) is 0 Å². The van der Waals surface area contributed by atoms with Gasteiger partial charge in [0.15, 0.2) is 11.5 Å². The number of ether oxygens (including phenoxy) is 4. The molecule has 0 N–H and O–H groups in total. The van der Waals surface area contributed by atoms with E-state index in [0.29, 0.717) is 23.0 Å². The van der Waals surface area contributed by atoms with Gasteiger partial charge in [-0.05, 0) is 12.5 Å². The van der Waals surface area contributed by atoms with Crippen molar-refractivity contribution in [2.24, 2.45) is 0 Å². The van der Waals surface area contributed by atoms with Crippen molar-refractivity contribution in [3.8, 4) is 23.0 Å². The zero-order valence-electron chi connectivity index (χ0n) is 10.4. The Morgan fingerprint density at radius 1 is 0.812 bits per heavy atom. The lowest BCUT2D eigenvalue weighted by molar-refractivity contribution is 0.304. The quantitative estimate of drug-likeness (QED) is 0.772. The smallest absolute Gasteiger partial charge is 0.207 e. The zero-order chi connectivity index (χ0) is 12.1. The van der Waals surface area contributed by atoms with E-state index in [1.54, 1.807) is 28.4 Å². The molecular formula is C12H18O4. The summed E-state index contributed by atoms with van der Waals surface area (Å²) in [6.07, 6.45) is 0.833. The fraction of sp³-hybridized carbons (Fsp3) is 0.500. The van der Waals surface area contributed by atoms with E-state index in [-0.39, 0.29) is 0 Å². The fourth-order valence-corrected chi connectivity index (χ4v) is 1.67. The summed E-state index contributed by atoms with van der Waals surface area (Å²) in [5, 5.41) is 0. The van der Waals surface area contributed by atoms with Gasteiger partial charge in [0.1, 0.15) is 0 Å². The van der Waals surface area contributed by atoms with Gasteiger partial charge < -0.3 is 18.9 Å². The SMILES string of the molecule is CCc1cc(OC)c(OC)c(OC)c1OC. The third-order valence-corrected chi connectivity index (χ3v) is 2.45. The molecule has 0 heterocycles. The molecule has 4 nitrogen and oxygen atoms in total. The molecule has 0 atom stereocenters. The second-order valence-electron chi connectivity index (χ2n) is 3.19. The summed E-state index contributed by atoms with van der Waals surface area (Å²) in [6, 6.07) is 1.90. The van der Waals surface area contributed by atoms with Gasteiger partial charge in [-0.15, -0.1) is 0 Å². The van der Waals surface area contributed by atoms with Gasteiger partial charge in [-0.2, -0.15) is 0 Å². The first-order chi connectivity index (χ1) is 7.73. The van der Waals surface area contributed by atoms with Gasteiger partial charge in [0.05, 0.1) is 28.4 Å². The van der Waals surface area contributed by atoms with Crippen LogP contribution in [0.2, 0.25) is 0 Å². The lowest BCUT2D eigenvalue weighted by Gasteiger charge is -2.17. The normalized spacial score (nSPS) is 9.81. The van der Waals surface area contributed by atoms with Crippen LogP contribution < -0.4 is 18.9 Å². The van der Waals surface area contributed by atoms with Crippen molar-refractivity contribution < 1.29 is 18.9 Å². The number of aryl methyl sites for hydroxylation is 1. The maximum Gasteiger partial charge on any atom is 0.207 e. The predicted molar refractivity (Wildman–Crippen MR) is 62.0 cm³/mol. The Hall–Kier alpha value is -1.58. The summed E-state index contributed by atoms with van der Waals surface area (Å²) in [5.74, 6) is 2.47. The Balaban J connectivity index is 3.47. The molecule has 90 valence electrons. The highest BCUT2D eigenvalue weighted by atomic mass is 16.5. The summed E-state index contributed by atoms with van der Waals surface area (Å²) in [7, 11) is 6.37. The van der Waals surface area contributed by atoms with Gasteiger partial charge in [0.25, 0.3) is 0 Å². The highest BCUT2D eigenvalue weighted by Crippen LogP contribution is 2.46. The predicted octanol–water partition coefficient (Wildman–Crippen LogP) is 2.28. The Labute approximate surface area is 96.1 Å². The molecular weight excluding hydrogens is 208 g/mol. The molecule has 1 rings (SSSR count). The van der Waals surface area contributed by atoms with Crippen LogP contribution >= 0.6 is 0 Å². The molecule has 0 fully saturated rings. The van der Waals surface area contributed by atoms with E-state index < -0.39 is 0 Å². The van der Waals surface area contributed by atoms with Gasteiger partial charge >= 0.3 is 0 Å². The Morgan fingerprint density at radius 3 is 1.75 bits per heavy atom. The van der Waals surface area contributed by atoms with Crippen molar-refractivity contribution in [1.82, 2.24) is 0 Å². The van der Waals surface area contributed by atoms with Crippen molar-refractivity contribution in [2.45, 2.75) is 13.3 Å². The minimum atomic E-state index is 0.555. The lowest BCUT2D eigenvalue weighted by atomic mass is 10.1. The fourth-order valence-electron chi connectivity index (χ4n) is 1.67. The molecule has 1 aromatic carbocycles. The molecule has 16 heavy (non-hydrogen) atoms. The van der Waals surface area contributed by atoms with E-state index >= 15 is 0 Å². The molecule has 4 heteroatoms. The standard InChI is InChI=1S/C12H18O4/c1-6-8-7-9(13-2)11(15-4)12(16-5)10(8)14-3/h7H,6H2,1-5H3. The lowest BCUT2D eigenvalue weighted by Crippen LogP contribution is -2.00. The van der Waals surface area contributed by atoms with Gasteiger partial charge in [0, 0.05) is 5.56 Å². The average Bonchev–Trinajstić information content (AvgIpc) is 2.35. The van der Waals surface area contributed by atoms with Crippen LogP contribution in [-0.2, 0) is 6.42 Å². The number of methoxy groups -OCH3 is 4. The largest absolute Gasteiger partial charge is 0.493 e. The van der Waals surface area contributed by atoms with Crippen molar-refractivity contribution in [2.75, 3.05) is 28.4 Å². The summed E-state index contributed by atoms with van der Waals surface area (Å²) >= 11 is 0. The van der Waals surface area contributed by atoms with E-state index in [9.17, 15) is 0 Å². The summed E-state index contributed by atoms with van der Waals surface area (Å²) < 4.78 is 21.2. The minimum absolute atomic E-state index is 0.555. The topological polar surface area (TPSA) is 36.9 Å². The number of rotatable bonds is 5. The third kappa shape index (κ3) is 2.01. The first-order valence-electron chi connectivity index (χ1n) is 5.09. The number of hydrogen-bond acceptors (Lipinski definition) is 4. The first kappa shape index (κ1) is 12.5.